The molecule has 0 saturated carbocycles. The Morgan fingerprint density at radius 2 is 1.92 bits per heavy atom. The first-order valence-corrected chi connectivity index (χ1v) is 7.86. The molecule has 2 aromatic carbocycles. The van der Waals surface area contributed by atoms with Crippen LogP contribution >= 0.6 is 0 Å². The van der Waals surface area contributed by atoms with Crippen LogP contribution in [0.15, 0.2) is 42.5 Å². The first-order chi connectivity index (χ1) is 11.9. The Hall–Kier alpha value is -3.02. The highest BCUT2D eigenvalue weighted by molar-refractivity contribution is 5.95. The summed E-state index contributed by atoms with van der Waals surface area (Å²) in [5, 5.41) is 11.7. The summed E-state index contributed by atoms with van der Waals surface area (Å²) < 4.78 is 10.8. The molecule has 0 saturated heterocycles. The number of amides is 1. The van der Waals surface area contributed by atoms with Gasteiger partial charge in [0, 0.05) is 0 Å². The summed E-state index contributed by atoms with van der Waals surface area (Å²) in [6.45, 7) is 3.87. The minimum Gasteiger partial charge on any atom is -0.495 e. The number of benzene rings is 2. The van der Waals surface area contributed by atoms with Crippen LogP contribution in [-0.2, 0) is 11.2 Å². The van der Waals surface area contributed by atoms with Crippen molar-refractivity contribution >= 4 is 17.6 Å². The van der Waals surface area contributed by atoms with Gasteiger partial charge in [0.25, 0.3) is 0 Å². The number of ether oxygens (including phenoxy) is 2. The third-order valence-corrected chi connectivity index (χ3v) is 3.36. The van der Waals surface area contributed by atoms with Crippen LogP contribution < -0.4 is 14.8 Å². The van der Waals surface area contributed by atoms with Gasteiger partial charge in [-0.25, -0.2) is 4.79 Å². The zero-order valence-electron chi connectivity index (χ0n) is 14.4. The number of aromatic carboxylic acids is 1. The van der Waals surface area contributed by atoms with Crippen molar-refractivity contribution < 1.29 is 24.2 Å². The summed E-state index contributed by atoms with van der Waals surface area (Å²) in [5.74, 6) is -0.282. The maximum absolute atomic E-state index is 12.3. The molecule has 6 heteroatoms. The highest BCUT2D eigenvalue weighted by Gasteiger charge is 2.12. The average molecular weight is 343 g/mol. The van der Waals surface area contributed by atoms with E-state index in [1.54, 1.807) is 0 Å². The molecule has 2 rings (SSSR count). The molecule has 2 N–H and O–H groups in total. The molecule has 6 nitrogen and oxygen atoms in total. The standard InChI is InChI=1S/C19H21NO5/c1-12(2)25-15-6-4-5-13(9-15)10-18(21)20-16-8-7-14(19(22)23)11-17(16)24-3/h4-9,11-12H,10H2,1-3H3,(H,20,21)(H,22,23). The van der Waals surface area contributed by atoms with Gasteiger partial charge < -0.3 is 19.9 Å². The number of carbonyl (C=O) groups excluding carboxylic acids is 1. The Bertz CT molecular complexity index is 770. The van der Waals surface area contributed by atoms with E-state index in [-0.39, 0.29) is 24.0 Å². The molecule has 2 aromatic rings. The zero-order chi connectivity index (χ0) is 18.4. The number of rotatable bonds is 7. The fourth-order valence-corrected chi connectivity index (χ4v) is 2.31. The summed E-state index contributed by atoms with van der Waals surface area (Å²) in [4.78, 5) is 23.3. The van der Waals surface area contributed by atoms with E-state index >= 15 is 0 Å². The fraction of sp³-hybridized carbons (Fsp3) is 0.263. The highest BCUT2D eigenvalue weighted by Crippen LogP contribution is 2.26. The normalized spacial score (nSPS) is 10.4. The topological polar surface area (TPSA) is 84.9 Å². The number of carboxylic acid groups (broad SMARTS) is 1. The van der Waals surface area contributed by atoms with Crippen LogP contribution in [0.4, 0.5) is 5.69 Å². The van der Waals surface area contributed by atoms with Gasteiger partial charge in [-0.2, -0.15) is 0 Å². The van der Waals surface area contributed by atoms with Gasteiger partial charge in [-0.05, 0) is 49.7 Å². The smallest absolute Gasteiger partial charge is 0.335 e. The van der Waals surface area contributed by atoms with Crippen LogP contribution in [-0.4, -0.2) is 30.2 Å². The number of hydrogen-bond acceptors (Lipinski definition) is 4. The molecular formula is C19H21NO5. The van der Waals surface area contributed by atoms with Gasteiger partial charge in [-0.3, -0.25) is 4.79 Å². The molecular weight excluding hydrogens is 322 g/mol. The Kier molecular flexibility index (Phi) is 6.00. The molecule has 0 atom stereocenters. The van der Waals surface area contributed by atoms with E-state index in [2.05, 4.69) is 5.32 Å². The van der Waals surface area contributed by atoms with Gasteiger partial charge >= 0.3 is 5.97 Å². The molecule has 0 unspecified atom stereocenters. The van der Waals surface area contributed by atoms with E-state index in [4.69, 9.17) is 14.6 Å². The summed E-state index contributed by atoms with van der Waals surface area (Å²) in [6.07, 6.45) is 0.222. The number of hydrogen-bond donors (Lipinski definition) is 2. The van der Waals surface area contributed by atoms with Crippen molar-refractivity contribution in [1.82, 2.24) is 0 Å². The van der Waals surface area contributed by atoms with Crippen LogP contribution in [0.2, 0.25) is 0 Å². The molecule has 0 fully saturated rings. The summed E-state index contributed by atoms with van der Waals surface area (Å²) in [5.41, 5.74) is 1.33. The summed E-state index contributed by atoms with van der Waals surface area (Å²) >= 11 is 0. The molecule has 0 aromatic heterocycles. The van der Waals surface area contributed by atoms with Gasteiger partial charge in [0.1, 0.15) is 11.5 Å². The average Bonchev–Trinajstić information content (AvgIpc) is 2.54. The maximum atomic E-state index is 12.3. The fourth-order valence-electron chi connectivity index (χ4n) is 2.31. The second-order valence-electron chi connectivity index (χ2n) is 5.76. The number of carbonyl (C=O) groups is 2. The number of methoxy groups -OCH3 is 1. The van der Waals surface area contributed by atoms with E-state index in [0.29, 0.717) is 17.2 Å². The summed E-state index contributed by atoms with van der Waals surface area (Å²) in [6, 6.07) is 11.6. The Labute approximate surface area is 146 Å². The van der Waals surface area contributed by atoms with Crippen LogP contribution in [0.5, 0.6) is 11.5 Å². The van der Waals surface area contributed by atoms with Gasteiger partial charge in [0.15, 0.2) is 0 Å². The Balaban J connectivity index is 2.09. The minimum atomic E-state index is -1.06. The molecule has 0 radical (unpaired) electrons. The first kappa shape index (κ1) is 18.3. The van der Waals surface area contributed by atoms with Crippen molar-refractivity contribution in [2.24, 2.45) is 0 Å². The molecule has 0 aliphatic rings. The van der Waals surface area contributed by atoms with Crippen molar-refractivity contribution in [2.75, 3.05) is 12.4 Å². The van der Waals surface area contributed by atoms with Gasteiger partial charge in [-0.15, -0.1) is 0 Å². The SMILES string of the molecule is COc1cc(C(=O)O)ccc1NC(=O)Cc1cccc(OC(C)C)c1. The largest absolute Gasteiger partial charge is 0.495 e. The van der Waals surface area contributed by atoms with Crippen molar-refractivity contribution in [3.63, 3.8) is 0 Å². The summed E-state index contributed by atoms with van der Waals surface area (Å²) in [7, 11) is 1.42. The van der Waals surface area contributed by atoms with E-state index in [0.717, 1.165) is 5.56 Å². The van der Waals surface area contributed by atoms with Crippen LogP contribution in [0.25, 0.3) is 0 Å². The maximum Gasteiger partial charge on any atom is 0.335 e. The lowest BCUT2D eigenvalue weighted by Gasteiger charge is -2.12. The molecule has 0 bridgehead atoms. The van der Waals surface area contributed by atoms with Crippen LogP contribution in [0.1, 0.15) is 29.8 Å². The molecule has 0 spiro atoms. The number of anilines is 1. The lowest BCUT2D eigenvalue weighted by Crippen LogP contribution is -2.15. The monoisotopic (exact) mass is 343 g/mol. The lowest BCUT2D eigenvalue weighted by atomic mass is 10.1. The van der Waals surface area contributed by atoms with Crippen molar-refractivity contribution in [1.29, 1.82) is 0 Å². The third kappa shape index (κ3) is 5.24. The van der Waals surface area contributed by atoms with Crippen molar-refractivity contribution in [2.45, 2.75) is 26.4 Å². The second-order valence-corrected chi connectivity index (χ2v) is 5.76. The Morgan fingerprint density at radius 1 is 1.16 bits per heavy atom. The number of nitrogens with one attached hydrogen (secondary N) is 1. The van der Waals surface area contributed by atoms with E-state index in [1.807, 2.05) is 38.1 Å². The molecule has 0 aliphatic carbocycles. The van der Waals surface area contributed by atoms with Gasteiger partial charge in [0.05, 0.1) is 30.9 Å². The quantitative estimate of drug-likeness (QED) is 0.805. The van der Waals surface area contributed by atoms with E-state index in [1.165, 1.54) is 25.3 Å². The van der Waals surface area contributed by atoms with E-state index < -0.39 is 5.97 Å². The Morgan fingerprint density at radius 3 is 2.56 bits per heavy atom. The van der Waals surface area contributed by atoms with Gasteiger partial charge in [-0.1, -0.05) is 12.1 Å². The van der Waals surface area contributed by atoms with Crippen LogP contribution in [0.3, 0.4) is 0 Å². The first-order valence-electron chi connectivity index (χ1n) is 7.86. The zero-order valence-corrected chi connectivity index (χ0v) is 14.4. The minimum absolute atomic E-state index is 0.0566. The lowest BCUT2D eigenvalue weighted by molar-refractivity contribution is -0.115. The second kappa shape index (κ2) is 8.19. The molecule has 1 amide bonds. The molecule has 132 valence electrons. The van der Waals surface area contributed by atoms with Crippen molar-refractivity contribution in [3.05, 3.63) is 53.6 Å². The van der Waals surface area contributed by atoms with E-state index in [9.17, 15) is 9.59 Å². The van der Waals surface area contributed by atoms with Crippen LogP contribution in [0, 0.1) is 0 Å². The number of carboxylic acids is 1. The predicted octanol–water partition coefficient (Wildman–Crippen LogP) is 3.36. The van der Waals surface area contributed by atoms with Gasteiger partial charge in [0.2, 0.25) is 5.91 Å². The molecule has 0 aliphatic heterocycles. The molecule has 0 heterocycles. The highest BCUT2D eigenvalue weighted by atomic mass is 16.5. The molecule has 25 heavy (non-hydrogen) atoms. The third-order valence-electron chi connectivity index (χ3n) is 3.36. The van der Waals surface area contributed by atoms with Crippen molar-refractivity contribution in [3.8, 4) is 11.5 Å². The predicted molar refractivity (Wildman–Crippen MR) is 94.5 cm³/mol.